The van der Waals surface area contributed by atoms with Crippen LogP contribution in [0, 0.1) is 17.2 Å². The molecule has 2 aromatic heterocycles. The first kappa shape index (κ1) is 20.2. The molecule has 0 bridgehead atoms. The van der Waals surface area contributed by atoms with Crippen LogP contribution in [-0.4, -0.2) is 26.1 Å². The van der Waals surface area contributed by atoms with Crippen molar-refractivity contribution in [3.05, 3.63) is 66.1 Å². The lowest BCUT2D eigenvalue weighted by molar-refractivity contribution is 0.319. The maximum absolute atomic E-state index is 10.2. The normalized spacial score (nSPS) is 23.7. The predicted molar refractivity (Wildman–Crippen MR) is 128 cm³/mol. The van der Waals surface area contributed by atoms with Crippen LogP contribution < -0.4 is 10.1 Å². The van der Waals surface area contributed by atoms with Gasteiger partial charge in [0.2, 0.25) is 0 Å². The van der Waals surface area contributed by atoms with E-state index in [4.69, 9.17) is 4.74 Å². The molecule has 0 aliphatic heterocycles. The highest BCUT2D eigenvalue weighted by Crippen LogP contribution is 2.52. The number of allylic oxidation sites excluding steroid dienone is 2. The Labute approximate surface area is 193 Å². The molecule has 33 heavy (non-hydrogen) atoms. The summed E-state index contributed by atoms with van der Waals surface area (Å²) in [5, 5.41) is 14.9. The fourth-order valence-electron chi connectivity index (χ4n) is 5.34. The molecule has 1 N–H and O–H groups in total. The molecule has 2 atom stereocenters. The summed E-state index contributed by atoms with van der Waals surface area (Å²) in [4.78, 5) is 8.35. The Morgan fingerprint density at radius 1 is 1.24 bits per heavy atom. The molecule has 6 rings (SSSR count). The smallest absolute Gasteiger partial charge is 0.321 e. The first-order valence-corrected chi connectivity index (χ1v) is 11.8. The summed E-state index contributed by atoms with van der Waals surface area (Å²) in [7, 11) is 0. The molecule has 3 aliphatic rings. The largest absolute Gasteiger partial charge is 0.424 e. The van der Waals surface area contributed by atoms with Gasteiger partial charge in [-0.2, -0.15) is 5.26 Å². The van der Waals surface area contributed by atoms with E-state index in [0.717, 1.165) is 47.0 Å². The first-order valence-electron chi connectivity index (χ1n) is 11.8. The molecule has 2 unspecified atom stereocenters. The third kappa shape index (κ3) is 3.35. The second-order valence-electron chi connectivity index (χ2n) is 9.71. The number of ether oxygens (including phenoxy) is 1. The van der Waals surface area contributed by atoms with E-state index in [2.05, 4.69) is 58.0 Å². The second kappa shape index (κ2) is 7.57. The van der Waals surface area contributed by atoms with Gasteiger partial charge in [0.1, 0.15) is 11.8 Å². The number of hydrogen-bond acceptors (Lipinski definition) is 5. The van der Waals surface area contributed by atoms with Crippen molar-refractivity contribution in [2.24, 2.45) is 5.92 Å². The summed E-state index contributed by atoms with van der Waals surface area (Å²) in [5.74, 6) is 1.16. The Kier molecular flexibility index (Phi) is 4.63. The molecular formula is C27H27N5O. The van der Waals surface area contributed by atoms with Crippen molar-refractivity contribution >= 4 is 16.5 Å². The zero-order valence-corrected chi connectivity index (χ0v) is 19.0. The Hall–Kier alpha value is -3.43. The van der Waals surface area contributed by atoms with Crippen molar-refractivity contribution in [3.8, 4) is 17.8 Å². The van der Waals surface area contributed by atoms with Crippen LogP contribution in [0.5, 0.6) is 11.8 Å². The quantitative estimate of drug-likeness (QED) is 0.549. The number of nitrogens with one attached hydrogen (secondary N) is 1. The molecule has 2 fully saturated rings. The average molecular weight is 438 g/mol. The summed E-state index contributed by atoms with van der Waals surface area (Å²) in [6, 6.07) is 11.4. The van der Waals surface area contributed by atoms with Gasteiger partial charge in [0, 0.05) is 47.4 Å². The standard InChI is InChI=1S/C27H27N5O/c1-17(2)31-27-10-9-18(13-19(27)15-27)25-23(16-28)22-8-7-21(33-26-29-11-4-12-30-26)14-24(22)32(25)20-5-3-6-20/h4,7-14,17,19-20,31H,3,5-6,15H2,1-2H3. The Morgan fingerprint density at radius 3 is 2.73 bits per heavy atom. The van der Waals surface area contributed by atoms with E-state index in [1.807, 2.05) is 18.2 Å². The Balaban J connectivity index is 1.45. The van der Waals surface area contributed by atoms with Gasteiger partial charge in [-0.05, 0) is 49.5 Å². The lowest BCUT2D eigenvalue weighted by Gasteiger charge is -2.31. The van der Waals surface area contributed by atoms with Gasteiger partial charge in [0.25, 0.3) is 0 Å². The van der Waals surface area contributed by atoms with Crippen LogP contribution >= 0.6 is 0 Å². The number of benzene rings is 1. The van der Waals surface area contributed by atoms with Crippen LogP contribution in [-0.2, 0) is 0 Å². The van der Waals surface area contributed by atoms with Crippen molar-refractivity contribution in [2.45, 2.75) is 57.2 Å². The van der Waals surface area contributed by atoms with E-state index in [-0.39, 0.29) is 5.54 Å². The van der Waals surface area contributed by atoms with Gasteiger partial charge < -0.3 is 14.6 Å². The highest BCUT2D eigenvalue weighted by atomic mass is 16.5. The van der Waals surface area contributed by atoms with Crippen molar-refractivity contribution < 1.29 is 4.74 Å². The third-order valence-corrected chi connectivity index (χ3v) is 7.11. The summed E-state index contributed by atoms with van der Waals surface area (Å²) >= 11 is 0. The fraction of sp³-hybridized carbons (Fsp3) is 0.370. The zero-order chi connectivity index (χ0) is 22.6. The van der Waals surface area contributed by atoms with Crippen LogP contribution in [0.1, 0.15) is 56.8 Å². The third-order valence-electron chi connectivity index (χ3n) is 7.11. The van der Waals surface area contributed by atoms with Crippen LogP contribution in [0.25, 0.3) is 16.5 Å². The lowest BCUT2D eigenvalue weighted by Crippen LogP contribution is -2.37. The van der Waals surface area contributed by atoms with Gasteiger partial charge >= 0.3 is 6.01 Å². The maximum atomic E-state index is 10.2. The summed E-state index contributed by atoms with van der Waals surface area (Å²) in [6.45, 7) is 4.39. The summed E-state index contributed by atoms with van der Waals surface area (Å²) in [6.07, 6.45) is 14.8. The number of fused-ring (bicyclic) bond motifs is 2. The molecule has 6 nitrogen and oxygen atoms in total. The van der Waals surface area contributed by atoms with E-state index in [9.17, 15) is 5.26 Å². The number of hydrogen-bond donors (Lipinski definition) is 1. The van der Waals surface area contributed by atoms with Gasteiger partial charge in [0.15, 0.2) is 0 Å². The van der Waals surface area contributed by atoms with Gasteiger partial charge in [-0.25, -0.2) is 9.97 Å². The molecule has 6 heteroatoms. The number of nitriles is 1. The molecule has 2 saturated carbocycles. The van der Waals surface area contributed by atoms with E-state index in [0.29, 0.717) is 29.8 Å². The monoisotopic (exact) mass is 437 g/mol. The van der Waals surface area contributed by atoms with E-state index in [1.54, 1.807) is 18.5 Å². The van der Waals surface area contributed by atoms with Crippen LogP contribution in [0.4, 0.5) is 0 Å². The molecule has 0 amide bonds. The van der Waals surface area contributed by atoms with Gasteiger partial charge in [-0.1, -0.05) is 32.1 Å². The molecular weight excluding hydrogens is 410 g/mol. The Morgan fingerprint density at radius 2 is 2.06 bits per heavy atom. The highest BCUT2D eigenvalue weighted by molar-refractivity contribution is 5.95. The minimum atomic E-state index is 0.0917. The second-order valence-corrected chi connectivity index (χ2v) is 9.71. The molecule has 0 radical (unpaired) electrons. The van der Waals surface area contributed by atoms with Gasteiger partial charge in [-0.3, -0.25) is 0 Å². The van der Waals surface area contributed by atoms with Crippen molar-refractivity contribution in [1.82, 2.24) is 19.9 Å². The predicted octanol–water partition coefficient (Wildman–Crippen LogP) is 5.53. The summed E-state index contributed by atoms with van der Waals surface area (Å²) in [5.41, 5.74) is 4.09. The van der Waals surface area contributed by atoms with Crippen molar-refractivity contribution in [1.29, 1.82) is 5.26 Å². The van der Waals surface area contributed by atoms with Gasteiger partial charge in [-0.15, -0.1) is 0 Å². The maximum Gasteiger partial charge on any atom is 0.321 e. The van der Waals surface area contributed by atoms with Crippen LogP contribution in [0.2, 0.25) is 0 Å². The first-order chi connectivity index (χ1) is 16.1. The van der Waals surface area contributed by atoms with E-state index in [1.165, 1.54) is 6.42 Å². The number of nitrogens with zero attached hydrogens (tertiary/aromatic N) is 4. The van der Waals surface area contributed by atoms with Crippen LogP contribution in [0.3, 0.4) is 0 Å². The minimum absolute atomic E-state index is 0.0917. The fourth-order valence-corrected chi connectivity index (χ4v) is 5.34. The average Bonchev–Trinajstić information content (AvgIpc) is 3.39. The topological polar surface area (TPSA) is 75.8 Å². The molecule has 1 aromatic carbocycles. The van der Waals surface area contributed by atoms with Crippen molar-refractivity contribution in [2.75, 3.05) is 0 Å². The van der Waals surface area contributed by atoms with Crippen LogP contribution in [0.15, 0.2) is 54.9 Å². The Bertz CT molecular complexity index is 1330. The van der Waals surface area contributed by atoms with E-state index >= 15 is 0 Å². The molecule has 0 spiro atoms. The summed E-state index contributed by atoms with van der Waals surface area (Å²) < 4.78 is 8.31. The van der Waals surface area contributed by atoms with Gasteiger partial charge in [0.05, 0.1) is 16.8 Å². The molecule has 3 aromatic rings. The molecule has 166 valence electrons. The molecule has 2 heterocycles. The molecule has 3 aliphatic carbocycles. The lowest BCUT2D eigenvalue weighted by atomic mass is 9.91. The SMILES string of the molecule is CC(C)NC12C=CC(c3c(C#N)c4ccc(Oc5ncccn5)cc4n3C3CCC3)=CC1C2. The number of aromatic nitrogens is 3. The van der Waals surface area contributed by atoms with E-state index < -0.39 is 0 Å². The zero-order valence-electron chi connectivity index (χ0n) is 19.0. The number of rotatable bonds is 6. The van der Waals surface area contributed by atoms with Crippen molar-refractivity contribution in [3.63, 3.8) is 0 Å². The molecule has 0 saturated heterocycles. The minimum Gasteiger partial charge on any atom is -0.424 e. The highest BCUT2D eigenvalue weighted by Gasteiger charge is 2.52.